The highest BCUT2D eigenvalue weighted by Gasteiger charge is 2.25. The van der Waals surface area contributed by atoms with Gasteiger partial charge in [0.1, 0.15) is 5.56 Å². The van der Waals surface area contributed by atoms with Crippen LogP contribution in [-0.2, 0) is 13.6 Å². The molecular formula is C16H27N3O2. The zero-order valence-electron chi connectivity index (χ0n) is 13.4. The SMILES string of the molecule is CC(C)CCN(Cc1c(C(=O)O)cnn1C)C1CCCC1. The van der Waals surface area contributed by atoms with Crippen LogP contribution >= 0.6 is 0 Å². The molecule has 1 N–H and O–H groups in total. The topological polar surface area (TPSA) is 58.4 Å². The number of hydrogen-bond acceptors (Lipinski definition) is 3. The average molecular weight is 293 g/mol. The number of aromatic nitrogens is 2. The summed E-state index contributed by atoms with van der Waals surface area (Å²) in [5.41, 5.74) is 1.16. The smallest absolute Gasteiger partial charge is 0.339 e. The molecule has 0 aliphatic heterocycles. The summed E-state index contributed by atoms with van der Waals surface area (Å²) in [5, 5.41) is 13.4. The number of carboxylic acid groups (broad SMARTS) is 1. The van der Waals surface area contributed by atoms with Crippen LogP contribution in [0.5, 0.6) is 0 Å². The van der Waals surface area contributed by atoms with E-state index in [9.17, 15) is 9.90 Å². The molecule has 1 aromatic rings. The molecule has 2 rings (SSSR count). The van der Waals surface area contributed by atoms with Crippen molar-refractivity contribution in [3.05, 3.63) is 17.5 Å². The van der Waals surface area contributed by atoms with Crippen molar-refractivity contribution in [2.24, 2.45) is 13.0 Å². The molecule has 0 spiro atoms. The van der Waals surface area contributed by atoms with Crippen molar-refractivity contribution in [2.45, 2.75) is 58.5 Å². The van der Waals surface area contributed by atoms with Crippen LogP contribution in [-0.4, -0.2) is 38.3 Å². The van der Waals surface area contributed by atoms with Crippen molar-refractivity contribution >= 4 is 5.97 Å². The van der Waals surface area contributed by atoms with Crippen LogP contribution in [0.4, 0.5) is 0 Å². The van der Waals surface area contributed by atoms with E-state index in [0.717, 1.165) is 18.7 Å². The quantitative estimate of drug-likeness (QED) is 0.840. The Hall–Kier alpha value is -1.36. The van der Waals surface area contributed by atoms with E-state index in [1.165, 1.54) is 31.9 Å². The van der Waals surface area contributed by atoms with Crippen LogP contribution in [0.3, 0.4) is 0 Å². The Kier molecular flexibility index (Phi) is 5.39. The van der Waals surface area contributed by atoms with Gasteiger partial charge in [-0.25, -0.2) is 4.79 Å². The predicted molar refractivity (Wildman–Crippen MR) is 82.3 cm³/mol. The number of carboxylic acids is 1. The first kappa shape index (κ1) is 16.0. The van der Waals surface area contributed by atoms with Gasteiger partial charge in [-0.2, -0.15) is 5.10 Å². The van der Waals surface area contributed by atoms with Crippen molar-refractivity contribution in [3.63, 3.8) is 0 Å². The standard InChI is InChI=1S/C16H27N3O2/c1-12(2)8-9-19(13-6-4-5-7-13)11-15-14(16(20)21)10-17-18(15)3/h10,12-13H,4-9,11H2,1-3H3,(H,20,21). The van der Waals surface area contributed by atoms with Crippen LogP contribution in [0, 0.1) is 5.92 Å². The fourth-order valence-electron chi connectivity index (χ4n) is 3.11. The van der Waals surface area contributed by atoms with Crippen LogP contribution in [0.15, 0.2) is 6.20 Å². The minimum Gasteiger partial charge on any atom is -0.478 e. The van der Waals surface area contributed by atoms with Crippen molar-refractivity contribution in [1.82, 2.24) is 14.7 Å². The van der Waals surface area contributed by atoms with Crippen molar-refractivity contribution < 1.29 is 9.90 Å². The molecule has 1 aliphatic rings. The van der Waals surface area contributed by atoms with E-state index >= 15 is 0 Å². The van der Waals surface area contributed by atoms with E-state index < -0.39 is 5.97 Å². The second-order valence-electron chi connectivity index (χ2n) is 6.52. The lowest BCUT2D eigenvalue weighted by Gasteiger charge is -2.29. The van der Waals surface area contributed by atoms with Gasteiger partial charge in [-0.1, -0.05) is 26.7 Å². The molecule has 0 unspecified atom stereocenters. The summed E-state index contributed by atoms with van der Waals surface area (Å²) >= 11 is 0. The zero-order chi connectivity index (χ0) is 15.4. The predicted octanol–water partition coefficient (Wildman–Crippen LogP) is 2.91. The van der Waals surface area contributed by atoms with Gasteiger partial charge in [0.25, 0.3) is 0 Å². The fraction of sp³-hybridized carbons (Fsp3) is 0.750. The lowest BCUT2D eigenvalue weighted by molar-refractivity contribution is 0.0693. The van der Waals surface area contributed by atoms with Crippen LogP contribution in [0.2, 0.25) is 0 Å². The second-order valence-corrected chi connectivity index (χ2v) is 6.52. The number of aryl methyl sites for hydroxylation is 1. The van der Waals surface area contributed by atoms with E-state index in [2.05, 4.69) is 23.8 Å². The number of carbonyl (C=O) groups is 1. The maximum absolute atomic E-state index is 11.3. The Balaban J connectivity index is 2.13. The Bertz CT molecular complexity index is 476. The van der Waals surface area contributed by atoms with E-state index in [-0.39, 0.29) is 0 Å². The Morgan fingerprint density at radius 1 is 1.48 bits per heavy atom. The molecule has 118 valence electrons. The summed E-state index contributed by atoms with van der Waals surface area (Å²) in [5.74, 6) is -0.215. The molecule has 0 atom stereocenters. The summed E-state index contributed by atoms with van der Waals surface area (Å²) in [6.07, 6.45) is 7.67. The van der Waals surface area contributed by atoms with Crippen LogP contribution in [0.1, 0.15) is 62.0 Å². The number of nitrogens with zero attached hydrogens (tertiary/aromatic N) is 3. The molecule has 0 radical (unpaired) electrons. The third-order valence-electron chi connectivity index (χ3n) is 4.48. The number of hydrogen-bond donors (Lipinski definition) is 1. The van der Waals surface area contributed by atoms with Crippen molar-refractivity contribution in [1.29, 1.82) is 0 Å². The summed E-state index contributed by atoms with van der Waals surface area (Å²) < 4.78 is 1.71. The molecule has 1 aromatic heterocycles. The van der Waals surface area contributed by atoms with E-state index in [0.29, 0.717) is 24.1 Å². The van der Waals surface area contributed by atoms with Gasteiger partial charge < -0.3 is 5.11 Å². The summed E-state index contributed by atoms with van der Waals surface area (Å²) in [6.45, 7) is 6.20. The molecule has 5 heteroatoms. The first-order valence-corrected chi connectivity index (χ1v) is 7.97. The largest absolute Gasteiger partial charge is 0.478 e. The molecule has 1 aliphatic carbocycles. The highest BCUT2D eigenvalue weighted by Crippen LogP contribution is 2.26. The van der Waals surface area contributed by atoms with Crippen molar-refractivity contribution in [2.75, 3.05) is 6.54 Å². The van der Waals surface area contributed by atoms with Gasteiger partial charge >= 0.3 is 5.97 Å². The maximum atomic E-state index is 11.3. The molecule has 0 bridgehead atoms. The summed E-state index contributed by atoms with van der Waals surface area (Å²) in [4.78, 5) is 13.8. The average Bonchev–Trinajstić information content (AvgIpc) is 3.04. The lowest BCUT2D eigenvalue weighted by Crippen LogP contribution is -2.35. The Labute approximate surface area is 126 Å². The van der Waals surface area contributed by atoms with Gasteiger partial charge in [0.05, 0.1) is 11.9 Å². The first-order chi connectivity index (χ1) is 9.99. The van der Waals surface area contributed by atoms with Gasteiger partial charge in [0.15, 0.2) is 0 Å². The molecule has 5 nitrogen and oxygen atoms in total. The minimum absolute atomic E-state index is 0.338. The zero-order valence-corrected chi connectivity index (χ0v) is 13.4. The third kappa shape index (κ3) is 4.06. The third-order valence-corrected chi connectivity index (χ3v) is 4.48. The van der Waals surface area contributed by atoms with Crippen LogP contribution < -0.4 is 0 Å². The normalized spacial score (nSPS) is 16.2. The number of aromatic carboxylic acids is 1. The highest BCUT2D eigenvalue weighted by molar-refractivity contribution is 5.88. The maximum Gasteiger partial charge on any atom is 0.339 e. The van der Waals surface area contributed by atoms with Gasteiger partial charge in [-0.15, -0.1) is 0 Å². The van der Waals surface area contributed by atoms with Gasteiger partial charge in [-0.3, -0.25) is 9.58 Å². The molecule has 0 saturated heterocycles. The Morgan fingerprint density at radius 2 is 2.14 bits per heavy atom. The van der Waals surface area contributed by atoms with Crippen LogP contribution in [0.25, 0.3) is 0 Å². The van der Waals surface area contributed by atoms with Gasteiger partial charge in [0.2, 0.25) is 0 Å². The second kappa shape index (κ2) is 7.07. The molecule has 1 saturated carbocycles. The first-order valence-electron chi connectivity index (χ1n) is 7.97. The van der Waals surface area contributed by atoms with E-state index in [1.54, 1.807) is 4.68 Å². The van der Waals surface area contributed by atoms with Gasteiger partial charge in [-0.05, 0) is 31.7 Å². The van der Waals surface area contributed by atoms with E-state index in [1.807, 2.05) is 7.05 Å². The number of rotatable bonds is 7. The Morgan fingerprint density at radius 3 is 2.71 bits per heavy atom. The summed E-state index contributed by atoms with van der Waals surface area (Å²) in [7, 11) is 1.83. The monoisotopic (exact) mass is 293 g/mol. The van der Waals surface area contributed by atoms with Crippen molar-refractivity contribution in [3.8, 4) is 0 Å². The van der Waals surface area contributed by atoms with E-state index in [4.69, 9.17) is 0 Å². The molecule has 1 heterocycles. The minimum atomic E-state index is -0.881. The lowest BCUT2D eigenvalue weighted by atomic mass is 10.1. The molecule has 0 aromatic carbocycles. The molecule has 0 amide bonds. The van der Waals surface area contributed by atoms with Gasteiger partial charge in [0, 0.05) is 19.6 Å². The molecule has 1 fully saturated rings. The fourth-order valence-corrected chi connectivity index (χ4v) is 3.11. The highest BCUT2D eigenvalue weighted by atomic mass is 16.4. The molecule has 21 heavy (non-hydrogen) atoms. The molecular weight excluding hydrogens is 266 g/mol. The summed E-state index contributed by atoms with van der Waals surface area (Å²) in [6, 6.07) is 0.597.